The molecule has 1 aromatic rings. The maximum atomic E-state index is 9.37. The van der Waals surface area contributed by atoms with Gasteiger partial charge in [-0.1, -0.05) is 38.5 Å². The van der Waals surface area contributed by atoms with Crippen LogP contribution in [0.25, 0.3) is 0 Å². The summed E-state index contributed by atoms with van der Waals surface area (Å²) in [6.45, 7) is 3.75. The number of benzene rings is 1. The molecule has 3 heteroatoms. The minimum atomic E-state index is -0.745. The van der Waals surface area contributed by atoms with Crippen LogP contribution >= 0.6 is 0 Å². The molecule has 90 valence electrons. The van der Waals surface area contributed by atoms with E-state index in [1.165, 1.54) is 6.42 Å². The minimum Gasteiger partial charge on any atom is -0.508 e. The molecule has 0 saturated carbocycles. The Morgan fingerprint density at radius 2 is 1.81 bits per heavy atom. The highest BCUT2D eigenvalue weighted by molar-refractivity contribution is 5.66. The van der Waals surface area contributed by atoms with Crippen LogP contribution in [0.15, 0.2) is 24.3 Å². The zero-order valence-corrected chi connectivity index (χ0v) is 9.94. The Morgan fingerprint density at radius 3 is 2.25 bits per heavy atom. The number of aliphatic carboxylic acids is 1. The first-order valence-electron chi connectivity index (χ1n) is 5.60. The lowest BCUT2D eigenvalue weighted by atomic mass is 10.1. The fourth-order valence-electron chi connectivity index (χ4n) is 1.09. The number of aryl methyl sites for hydroxylation is 1. The molecule has 0 aliphatic carbocycles. The van der Waals surface area contributed by atoms with Crippen LogP contribution in [0.4, 0.5) is 0 Å². The van der Waals surface area contributed by atoms with Gasteiger partial charge in [-0.3, -0.25) is 4.79 Å². The smallest absolute Gasteiger partial charge is 0.303 e. The van der Waals surface area contributed by atoms with Crippen molar-refractivity contribution in [2.75, 3.05) is 0 Å². The van der Waals surface area contributed by atoms with Gasteiger partial charge in [0.1, 0.15) is 5.75 Å². The van der Waals surface area contributed by atoms with Crippen molar-refractivity contribution < 1.29 is 15.0 Å². The summed E-state index contributed by atoms with van der Waals surface area (Å²) in [5.74, 6) is -0.314. The topological polar surface area (TPSA) is 57.5 Å². The summed E-state index contributed by atoms with van der Waals surface area (Å²) in [5.41, 5.74) is 1.06. The van der Waals surface area contributed by atoms with Gasteiger partial charge in [0.2, 0.25) is 0 Å². The van der Waals surface area contributed by atoms with Gasteiger partial charge in [-0.05, 0) is 24.5 Å². The Bertz CT molecular complexity index is 308. The molecule has 0 fully saturated rings. The molecular weight excluding hydrogens is 204 g/mol. The fourth-order valence-corrected chi connectivity index (χ4v) is 1.09. The van der Waals surface area contributed by atoms with Crippen LogP contribution in [0, 0.1) is 0 Å². The van der Waals surface area contributed by atoms with Crippen LogP contribution in [0.3, 0.4) is 0 Å². The van der Waals surface area contributed by atoms with Crippen molar-refractivity contribution in [2.24, 2.45) is 0 Å². The molecule has 2 N–H and O–H groups in total. The van der Waals surface area contributed by atoms with Crippen molar-refractivity contribution in [3.8, 4) is 5.75 Å². The zero-order chi connectivity index (χ0) is 12.4. The highest BCUT2D eigenvalue weighted by Crippen LogP contribution is 2.17. The summed E-state index contributed by atoms with van der Waals surface area (Å²) in [7, 11) is 0. The van der Waals surface area contributed by atoms with Crippen LogP contribution < -0.4 is 0 Å². The summed E-state index contributed by atoms with van der Waals surface area (Å²) < 4.78 is 0. The largest absolute Gasteiger partial charge is 0.508 e. The molecule has 3 nitrogen and oxygen atoms in total. The standard InChI is InChI=1S/C10H14O.C3H6O2/c1-2-3-6-9-7-4-5-8-10(9)11;1-2-3(4)5/h4-5,7-8,11H,2-3,6H2,1H3;2H2,1H3,(H,4,5). The van der Waals surface area contributed by atoms with E-state index in [1.54, 1.807) is 13.0 Å². The van der Waals surface area contributed by atoms with E-state index in [0.29, 0.717) is 5.75 Å². The van der Waals surface area contributed by atoms with Gasteiger partial charge in [0.15, 0.2) is 0 Å². The van der Waals surface area contributed by atoms with E-state index >= 15 is 0 Å². The van der Waals surface area contributed by atoms with Gasteiger partial charge in [0.05, 0.1) is 0 Å². The van der Waals surface area contributed by atoms with Crippen LogP contribution in [0.5, 0.6) is 5.75 Å². The van der Waals surface area contributed by atoms with Gasteiger partial charge in [0, 0.05) is 6.42 Å². The van der Waals surface area contributed by atoms with Gasteiger partial charge >= 0.3 is 5.97 Å². The highest BCUT2D eigenvalue weighted by Gasteiger charge is 1.96. The van der Waals surface area contributed by atoms with Crippen molar-refractivity contribution in [1.82, 2.24) is 0 Å². The summed E-state index contributed by atoms with van der Waals surface area (Å²) in [5, 5.41) is 17.1. The van der Waals surface area contributed by atoms with E-state index in [4.69, 9.17) is 5.11 Å². The summed E-state index contributed by atoms with van der Waals surface area (Å²) in [6.07, 6.45) is 3.54. The quantitative estimate of drug-likeness (QED) is 0.825. The third-order valence-electron chi connectivity index (χ3n) is 2.09. The van der Waals surface area contributed by atoms with Crippen molar-refractivity contribution >= 4 is 5.97 Å². The molecule has 0 spiro atoms. The Morgan fingerprint density at radius 1 is 1.25 bits per heavy atom. The molecule has 0 unspecified atom stereocenters. The normalized spacial score (nSPS) is 9.12. The summed E-state index contributed by atoms with van der Waals surface area (Å²) in [6, 6.07) is 7.53. The van der Waals surface area contributed by atoms with Gasteiger partial charge in [-0.2, -0.15) is 0 Å². The predicted octanol–water partition coefficient (Wildman–Crippen LogP) is 3.22. The van der Waals surface area contributed by atoms with Crippen molar-refractivity contribution in [3.63, 3.8) is 0 Å². The molecule has 0 amide bonds. The molecular formula is C13H20O3. The fraction of sp³-hybridized carbons (Fsp3) is 0.462. The zero-order valence-electron chi connectivity index (χ0n) is 9.94. The molecule has 16 heavy (non-hydrogen) atoms. The Kier molecular flexibility index (Phi) is 7.94. The third kappa shape index (κ3) is 6.87. The van der Waals surface area contributed by atoms with Crippen LogP contribution in [0.1, 0.15) is 38.7 Å². The van der Waals surface area contributed by atoms with Crippen molar-refractivity contribution in [2.45, 2.75) is 39.5 Å². The van der Waals surface area contributed by atoms with E-state index < -0.39 is 5.97 Å². The molecule has 0 heterocycles. The first-order chi connectivity index (χ1) is 7.61. The molecule has 1 aromatic carbocycles. The number of aromatic hydroxyl groups is 1. The molecule has 0 bridgehead atoms. The van der Waals surface area contributed by atoms with E-state index in [9.17, 15) is 9.90 Å². The predicted molar refractivity (Wildman–Crippen MR) is 64.6 cm³/mol. The van der Waals surface area contributed by atoms with Gasteiger partial charge < -0.3 is 10.2 Å². The lowest BCUT2D eigenvalue weighted by molar-refractivity contribution is -0.136. The summed E-state index contributed by atoms with van der Waals surface area (Å²) >= 11 is 0. The second-order valence-electron chi connectivity index (χ2n) is 3.48. The lowest BCUT2D eigenvalue weighted by Crippen LogP contribution is -1.86. The maximum absolute atomic E-state index is 9.37. The molecule has 0 saturated heterocycles. The van der Waals surface area contributed by atoms with E-state index in [0.717, 1.165) is 18.4 Å². The Hall–Kier alpha value is -1.51. The van der Waals surface area contributed by atoms with Gasteiger partial charge in [0.25, 0.3) is 0 Å². The number of hydrogen-bond acceptors (Lipinski definition) is 2. The molecule has 0 aliphatic heterocycles. The van der Waals surface area contributed by atoms with Gasteiger partial charge in [-0.15, -0.1) is 0 Å². The Labute approximate surface area is 96.7 Å². The highest BCUT2D eigenvalue weighted by atomic mass is 16.4. The Balaban J connectivity index is 0.000000385. The number of phenols is 1. The molecule has 0 atom stereocenters. The number of phenolic OH excluding ortho intramolecular Hbond substituents is 1. The van der Waals surface area contributed by atoms with Crippen molar-refractivity contribution in [1.29, 1.82) is 0 Å². The first kappa shape index (κ1) is 14.5. The number of carboxylic acids is 1. The maximum Gasteiger partial charge on any atom is 0.303 e. The summed E-state index contributed by atoms with van der Waals surface area (Å²) in [4.78, 5) is 9.37. The number of rotatable bonds is 4. The second-order valence-corrected chi connectivity index (χ2v) is 3.48. The molecule has 1 rings (SSSR count). The number of hydrogen-bond donors (Lipinski definition) is 2. The van der Waals surface area contributed by atoms with Gasteiger partial charge in [-0.25, -0.2) is 0 Å². The number of unbranched alkanes of at least 4 members (excludes halogenated alkanes) is 1. The molecule has 0 aromatic heterocycles. The average molecular weight is 224 g/mol. The van der Waals surface area contributed by atoms with E-state index in [2.05, 4.69) is 6.92 Å². The second kappa shape index (κ2) is 8.77. The number of carboxylic acid groups (broad SMARTS) is 1. The van der Waals surface area contributed by atoms with Crippen LogP contribution in [-0.4, -0.2) is 16.2 Å². The SMILES string of the molecule is CCC(=O)O.CCCCc1ccccc1O. The number of para-hydroxylation sites is 1. The monoisotopic (exact) mass is 224 g/mol. The minimum absolute atomic E-state index is 0.222. The van der Waals surface area contributed by atoms with Crippen LogP contribution in [-0.2, 0) is 11.2 Å². The lowest BCUT2D eigenvalue weighted by Gasteiger charge is -2.01. The average Bonchev–Trinajstić information content (AvgIpc) is 2.29. The molecule has 0 radical (unpaired) electrons. The van der Waals surface area contributed by atoms with Crippen molar-refractivity contribution in [3.05, 3.63) is 29.8 Å². The van der Waals surface area contributed by atoms with E-state index in [1.807, 2.05) is 18.2 Å². The first-order valence-corrected chi connectivity index (χ1v) is 5.60. The molecule has 0 aliphatic rings. The van der Waals surface area contributed by atoms with E-state index in [-0.39, 0.29) is 6.42 Å². The number of carbonyl (C=O) groups is 1. The van der Waals surface area contributed by atoms with Crippen LogP contribution in [0.2, 0.25) is 0 Å². The third-order valence-corrected chi connectivity index (χ3v) is 2.09.